The Labute approximate surface area is 165 Å². The number of hydrogen-bond donors (Lipinski definition) is 0. The monoisotopic (exact) mass is 376 g/mol. The standard InChI is InChI=1S/C22H24N4O2/c1-2-28-21-11-7-6-10-19(21)24-12-14-25(15-13-24)22(27)20-16-23-17-26(20)18-8-4-3-5-9-18/h3-11,16-17H,2,12-15H2,1H3. The van der Waals surface area contributed by atoms with Crippen molar-refractivity contribution >= 4 is 11.6 Å². The molecule has 0 aliphatic carbocycles. The van der Waals surface area contributed by atoms with Gasteiger partial charge >= 0.3 is 0 Å². The average molecular weight is 376 g/mol. The lowest BCUT2D eigenvalue weighted by Gasteiger charge is -2.36. The van der Waals surface area contributed by atoms with Gasteiger partial charge in [0.15, 0.2) is 0 Å². The van der Waals surface area contributed by atoms with Crippen molar-refractivity contribution in [2.75, 3.05) is 37.7 Å². The predicted molar refractivity (Wildman–Crippen MR) is 109 cm³/mol. The second kappa shape index (κ2) is 8.17. The number of anilines is 1. The number of para-hydroxylation sites is 3. The highest BCUT2D eigenvalue weighted by molar-refractivity contribution is 5.93. The number of aromatic nitrogens is 2. The molecule has 0 radical (unpaired) electrons. The van der Waals surface area contributed by atoms with Crippen molar-refractivity contribution in [2.45, 2.75) is 6.92 Å². The fraction of sp³-hybridized carbons (Fsp3) is 0.273. The van der Waals surface area contributed by atoms with Crippen molar-refractivity contribution in [3.63, 3.8) is 0 Å². The highest BCUT2D eigenvalue weighted by Crippen LogP contribution is 2.29. The Balaban J connectivity index is 1.47. The predicted octanol–water partition coefficient (Wildman–Crippen LogP) is 3.23. The third-order valence-corrected chi connectivity index (χ3v) is 4.96. The molecule has 0 spiro atoms. The summed E-state index contributed by atoms with van der Waals surface area (Å²) in [6.45, 7) is 5.51. The van der Waals surface area contributed by atoms with E-state index in [0.29, 0.717) is 25.4 Å². The fourth-order valence-electron chi connectivity index (χ4n) is 3.56. The van der Waals surface area contributed by atoms with E-state index in [1.165, 1.54) is 0 Å². The van der Waals surface area contributed by atoms with Crippen LogP contribution in [0.15, 0.2) is 67.1 Å². The molecule has 4 rings (SSSR count). The van der Waals surface area contributed by atoms with Crippen molar-refractivity contribution < 1.29 is 9.53 Å². The SMILES string of the molecule is CCOc1ccccc1N1CCN(C(=O)c2cncn2-c2ccccc2)CC1. The summed E-state index contributed by atoms with van der Waals surface area (Å²) in [5.74, 6) is 0.908. The minimum absolute atomic E-state index is 0.0131. The number of imidazole rings is 1. The van der Waals surface area contributed by atoms with Gasteiger partial charge in [0.25, 0.3) is 5.91 Å². The fourth-order valence-corrected chi connectivity index (χ4v) is 3.56. The van der Waals surface area contributed by atoms with Crippen LogP contribution in [0.3, 0.4) is 0 Å². The van der Waals surface area contributed by atoms with Crippen molar-refractivity contribution in [1.29, 1.82) is 0 Å². The highest BCUT2D eigenvalue weighted by atomic mass is 16.5. The van der Waals surface area contributed by atoms with E-state index in [4.69, 9.17) is 4.74 Å². The third-order valence-electron chi connectivity index (χ3n) is 4.96. The van der Waals surface area contributed by atoms with Crippen LogP contribution in [-0.2, 0) is 0 Å². The lowest BCUT2D eigenvalue weighted by molar-refractivity contribution is 0.0738. The zero-order chi connectivity index (χ0) is 19.3. The van der Waals surface area contributed by atoms with Gasteiger partial charge in [-0.3, -0.25) is 9.36 Å². The third kappa shape index (κ3) is 3.58. The second-order valence-electron chi connectivity index (χ2n) is 6.66. The first-order chi connectivity index (χ1) is 13.8. The molecule has 0 unspecified atom stereocenters. The van der Waals surface area contributed by atoms with Crippen molar-refractivity contribution in [2.24, 2.45) is 0 Å². The number of hydrogen-bond acceptors (Lipinski definition) is 4. The molecule has 28 heavy (non-hydrogen) atoms. The molecule has 1 amide bonds. The molecule has 0 bridgehead atoms. The Kier molecular flexibility index (Phi) is 5.28. The van der Waals surface area contributed by atoms with Crippen LogP contribution >= 0.6 is 0 Å². The number of nitrogens with zero attached hydrogens (tertiary/aromatic N) is 4. The van der Waals surface area contributed by atoms with Gasteiger partial charge in [-0.05, 0) is 31.2 Å². The van der Waals surface area contributed by atoms with Crippen LogP contribution in [0.2, 0.25) is 0 Å². The molecular weight excluding hydrogens is 352 g/mol. The molecule has 3 aromatic rings. The van der Waals surface area contributed by atoms with E-state index in [1.54, 1.807) is 12.5 Å². The minimum atomic E-state index is 0.0131. The van der Waals surface area contributed by atoms with Crippen LogP contribution in [0, 0.1) is 0 Å². The molecule has 1 fully saturated rings. The molecule has 1 aromatic heterocycles. The number of carbonyl (C=O) groups is 1. The van der Waals surface area contributed by atoms with E-state index in [2.05, 4.69) is 16.0 Å². The number of rotatable bonds is 5. The van der Waals surface area contributed by atoms with Gasteiger partial charge in [0.1, 0.15) is 11.4 Å². The molecule has 6 heteroatoms. The zero-order valence-corrected chi connectivity index (χ0v) is 16.0. The maximum Gasteiger partial charge on any atom is 0.272 e. The van der Waals surface area contributed by atoms with Crippen LogP contribution in [0.5, 0.6) is 5.75 Å². The molecule has 2 heterocycles. The molecular formula is C22H24N4O2. The van der Waals surface area contributed by atoms with Gasteiger partial charge in [-0.2, -0.15) is 0 Å². The molecule has 0 N–H and O–H groups in total. The molecule has 0 saturated carbocycles. The van der Waals surface area contributed by atoms with E-state index < -0.39 is 0 Å². The summed E-state index contributed by atoms with van der Waals surface area (Å²) in [4.78, 5) is 21.5. The summed E-state index contributed by atoms with van der Waals surface area (Å²) in [5, 5.41) is 0. The lowest BCUT2D eigenvalue weighted by atomic mass is 10.2. The Morgan fingerprint density at radius 1 is 1.00 bits per heavy atom. The van der Waals surface area contributed by atoms with Crippen LogP contribution in [-0.4, -0.2) is 53.1 Å². The molecule has 2 aromatic carbocycles. The zero-order valence-electron chi connectivity index (χ0n) is 16.0. The Hall–Kier alpha value is -3.28. The topological polar surface area (TPSA) is 50.6 Å². The Morgan fingerprint density at radius 3 is 2.46 bits per heavy atom. The van der Waals surface area contributed by atoms with Crippen LogP contribution in [0.1, 0.15) is 17.4 Å². The van der Waals surface area contributed by atoms with Gasteiger partial charge in [-0.1, -0.05) is 30.3 Å². The van der Waals surface area contributed by atoms with Gasteiger partial charge in [0.05, 0.1) is 24.8 Å². The quantitative estimate of drug-likeness (QED) is 0.686. The number of amides is 1. The minimum Gasteiger partial charge on any atom is -0.492 e. The molecule has 0 atom stereocenters. The normalized spacial score (nSPS) is 14.2. The Morgan fingerprint density at radius 2 is 1.71 bits per heavy atom. The maximum absolute atomic E-state index is 13.1. The first-order valence-electron chi connectivity index (χ1n) is 9.61. The molecule has 144 valence electrons. The second-order valence-corrected chi connectivity index (χ2v) is 6.66. The smallest absolute Gasteiger partial charge is 0.272 e. The average Bonchev–Trinajstić information content (AvgIpc) is 3.25. The van der Waals surface area contributed by atoms with Gasteiger partial charge in [0, 0.05) is 31.9 Å². The van der Waals surface area contributed by atoms with Gasteiger partial charge in [0.2, 0.25) is 0 Å². The van der Waals surface area contributed by atoms with E-state index >= 15 is 0 Å². The van der Waals surface area contributed by atoms with Crippen LogP contribution < -0.4 is 9.64 Å². The maximum atomic E-state index is 13.1. The summed E-state index contributed by atoms with van der Waals surface area (Å²) < 4.78 is 7.60. The summed E-state index contributed by atoms with van der Waals surface area (Å²) in [7, 11) is 0. The number of ether oxygens (including phenoxy) is 1. The van der Waals surface area contributed by atoms with Gasteiger partial charge in [-0.25, -0.2) is 4.98 Å². The van der Waals surface area contributed by atoms with Crippen LogP contribution in [0.25, 0.3) is 5.69 Å². The molecule has 6 nitrogen and oxygen atoms in total. The van der Waals surface area contributed by atoms with E-state index in [0.717, 1.165) is 30.2 Å². The molecule has 1 aliphatic rings. The van der Waals surface area contributed by atoms with Crippen molar-refractivity contribution in [3.05, 3.63) is 72.8 Å². The van der Waals surface area contributed by atoms with E-state index in [-0.39, 0.29) is 5.91 Å². The molecule has 1 saturated heterocycles. The van der Waals surface area contributed by atoms with Crippen LogP contribution in [0.4, 0.5) is 5.69 Å². The summed E-state index contributed by atoms with van der Waals surface area (Å²) >= 11 is 0. The van der Waals surface area contributed by atoms with Crippen molar-refractivity contribution in [1.82, 2.24) is 14.5 Å². The number of piperazine rings is 1. The largest absolute Gasteiger partial charge is 0.492 e. The lowest BCUT2D eigenvalue weighted by Crippen LogP contribution is -2.49. The van der Waals surface area contributed by atoms with Crippen molar-refractivity contribution in [3.8, 4) is 11.4 Å². The molecule has 1 aliphatic heterocycles. The van der Waals surface area contributed by atoms with Gasteiger partial charge in [-0.15, -0.1) is 0 Å². The summed E-state index contributed by atoms with van der Waals surface area (Å²) in [5.41, 5.74) is 2.62. The van der Waals surface area contributed by atoms with E-state index in [1.807, 2.05) is 64.9 Å². The van der Waals surface area contributed by atoms with Gasteiger partial charge < -0.3 is 14.5 Å². The summed E-state index contributed by atoms with van der Waals surface area (Å²) in [6, 6.07) is 17.9. The number of benzene rings is 2. The van der Waals surface area contributed by atoms with E-state index in [9.17, 15) is 4.79 Å². The summed E-state index contributed by atoms with van der Waals surface area (Å²) in [6.07, 6.45) is 3.34. The highest BCUT2D eigenvalue weighted by Gasteiger charge is 2.25. The Bertz CT molecular complexity index is 930. The first-order valence-corrected chi connectivity index (χ1v) is 9.61. The number of carbonyl (C=O) groups excluding carboxylic acids is 1. The first kappa shape index (κ1) is 18.1.